The Morgan fingerprint density at radius 1 is 0.952 bits per heavy atom. The van der Waals surface area contributed by atoms with Crippen LogP contribution in [0.3, 0.4) is 0 Å². The van der Waals surface area contributed by atoms with Crippen molar-refractivity contribution in [2.24, 2.45) is 0 Å². The number of rotatable bonds is 2. The molecule has 0 saturated carbocycles. The number of hydrogen-bond donors (Lipinski definition) is 5. The summed E-state index contributed by atoms with van der Waals surface area (Å²) in [6, 6.07) is 3.82. The molecule has 1 atom stereocenters. The molecule has 5 heteroatoms. The summed E-state index contributed by atoms with van der Waals surface area (Å²) >= 11 is 0. The van der Waals surface area contributed by atoms with Gasteiger partial charge in [-0.3, -0.25) is 0 Å². The Balaban J connectivity index is 2.12. The van der Waals surface area contributed by atoms with Gasteiger partial charge in [0.05, 0.1) is 11.3 Å². The lowest BCUT2D eigenvalue weighted by molar-refractivity contribution is -0.146. The SMILES string of the molecule is Cc1cc(C)c(C2=C(O)C(c3[nH]c(C)cc3C)C2(O)O)[nH]1. The maximum Gasteiger partial charge on any atom is 0.211 e. The largest absolute Gasteiger partial charge is 0.511 e. The van der Waals surface area contributed by atoms with Crippen LogP contribution in [0.5, 0.6) is 0 Å². The van der Waals surface area contributed by atoms with E-state index in [4.69, 9.17) is 0 Å². The maximum atomic E-state index is 10.5. The summed E-state index contributed by atoms with van der Waals surface area (Å²) in [7, 11) is 0. The summed E-state index contributed by atoms with van der Waals surface area (Å²) in [5.41, 5.74) is 4.98. The van der Waals surface area contributed by atoms with Crippen LogP contribution >= 0.6 is 0 Å². The molecule has 1 aliphatic carbocycles. The number of aromatic amines is 2. The van der Waals surface area contributed by atoms with E-state index in [2.05, 4.69) is 9.97 Å². The van der Waals surface area contributed by atoms with Crippen LogP contribution in [0.25, 0.3) is 5.57 Å². The number of aliphatic hydroxyl groups excluding tert-OH is 1. The van der Waals surface area contributed by atoms with Crippen molar-refractivity contribution in [3.8, 4) is 0 Å². The van der Waals surface area contributed by atoms with Crippen molar-refractivity contribution in [2.75, 3.05) is 0 Å². The van der Waals surface area contributed by atoms with Gasteiger partial charge in [0.25, 0.3) is 0 Å². The minimum Gasteiger partial charge on any atom is -0.511 e. The maximum absolute atomic E-state index is 10.5. The van der Waals surface area contributed by atoms with E-state index in [9.17, 15) is 15.3 Å². The van der Waals surface area contributed by atoms with Crippen LogP contribution in [0.4, 0.5) is 0 Å². The second-order valence-corrected chi connectivity index (χ2v) is 5.98. The third-order valence-electron chi connectivity index (χ3n) is 4.18. The van der Waals surface area contributed by atoms with Gasteiger partial charge in [0.15, 0.2) is 0 Å². The first-order valence-electron chi connectivity index (χ1n) is 6.94. The van der Waals surface area contributed by atoms with E-state index in [1.807, 2.05) is 39.8 Å². The monoisotopic (exact) mass is 288 g/mol. The summed E-state index contributed by atoms with van der Waals surface area (Å²) in [5, 5.41) is 31.3. The standard InChI is InChI=1S/C16H20N2O3/c1-7-5-9(3)17-13(7)11-15(19)12(16(11,20)21)14-8(2)6-10(4)18-14/h5-6,11,17-21H,1-4H3. The fourth-order valence-electron chi connectivity index (χ4n) is 3.28. The number of nitrogens with one attached hydrogen (secondary N) is 2. The topological polar surface area (TPSA) is 92.3 Å². The third kappa shape index (κ3) is 1.85. The second-order valence-electron chi connectivity index (χ2n) is 5.98. The lowest BCUT2D eigenvalue weighted by Crippen LogP contribution is -2.48. The van der Waals surface area contributed by atoms with Gasteiger partial charge in [-0.15, -0.1) is 0 Å². The van der Waals surface area contributed by atoms with Gasteiger partial charge >= 0.3 is 0 Å². The molecule has 21 heavy (non-hydrogen) atoms. The zero-order valence-corrected chi connectivity index (χ0v) is 12.6. The van der Waals surface area contributed by atoms with Crippen molar-refractivity contribution in [1.82, 2.24) is 9.97 Å². The summed E-state index contributed by atoms with van der Waals surface area (Å²) in [6.45, 7) is 7.53. The molecule has 2 heterocycles. The molecule has 0 aromatic carbocycles. The van der Waals surface area contributed by atoms with E-state index in [0.717, 1.165) is 22.5 Å². The lowest BCUT2D eigenvalue weighted by Gasteiger charge is -2.42. The molecule has 0 saturated heterocycles. The Morgan fingerprint density at radius 3 is 1.95 bits per heavy atom. The number of aliphatic hydroxyl groups is 3. The fourth-order valence-corrected chi connectivity index (χ4v) is 3.28. The Morgan fingerprint density at radius 2 is 1.52 bits per heavy atom. The first-order chi connectivity index (χ1) is 9.73. The molecule has 0 aliphatic heterocycles. The van der Waals surface area contributed by atoms with Gasteiger partial charge in [-0.25, -0.2) is 0 Å². The number of aryl methyl sites for hydroxylation is 4. The Kier molecular flexibility index (Phi) is 2.83. The van der Waals surface area contributed by atoms with Crippen LogP contribution in [0.1, 0.15) is 39.8 Å². The fraction of sp³-hybridized carbons (Fsp3) is 0.375. The molecule has 3 rings (SSSR count). The molecule has 1 unspecified atom stereocenters. The molecule has 1 aliphatic rings. The van der Waals surface area contributed by atoms with Crippen LogP contribution in [-0.2, 0) is 0 Å². The number of H-pyrrole nitrogens is 2. The van der Waals surface area contributed by atoms with Crippen LogP contribution in [0.2, 0.25) is 0 Å². The smallest absolute Gasteiger partial charge is 0.211 e. The lowest BCUT2D eigenvalue weighted by atomic mass is 9.72. The quantitative estimate of drug-likeness (QED) is 0.549. The van der Waals surface area contributed by atoms with E-state index >= 15 is 0 Å². The van der Waals surface area contributed by atoms with Crippen molar-refractivity contribution in [3.63, 3.8) is 0 Å². The van der Waals surface area contributed by atoms with Crippen LogP contribution < -0.4 is 0 Å². The molecule has 2 aromatic heterocycles. The zero-order chi connectivity index (χ0) is 15.5. The molecule has 0 fully saturated rings. The Hall–Kier alpha value is -1.98. The minimum absolute atomic E-state index is 0.00472. The highest BCUT2D eigenvalue weighted by Crippen LogP contribution is 2.53. The number of aromatic nitrogens is 2. The van der Waals surface area contributed by atoms with Gasteiger partial charge in [0.2, 0.25) is 5.79 Å². The highest BCUT2D eigenvalue weighted by molar-refractivity contribution is 5.81. The van der Waals surface area contributed by atoms with Crippen molar-refractivity contribution in [3.05, 3.63) is 51.8 Å². The summed E-state index contributed by atoms with van der Waals surface area (Å²) in [6.07, 6.45) is 0. The first-order valence-corrected chi connectivity index (χ1v) is 6.94. The third-order valence-corrected chi connectivity index (χ3v) is 4.18. The van der Waals surface area contributed by atoms with Gasteiger partial charge in [-0.05, 0) is 51.0 Å². The second kappa shape index (κ2) is 4.26. The summed E-state index contributed by atoms with van der Waals surface area (Å²) in [5.74, 6) is -2.94. The summed E-state index contributed by atoms with van der Waals surface area (Å²) in [4.78, 5) is 6.18. The van der Waals surface area contributed by atoms with Gasteiger partial charge in [0, 0.05) is 17.1 Å². The predicted octanol–water partition coefficient (Wildman–Crippen LogP) is 2.32. The molecule has 5 N–H and O–H groups in total. The van der Waals surface area contributed by atoms with Crippen molar-refractivity contribution in [2.45, 2.75) is 39.4 Å². The van der Waals surface area contributed by atoms with Crippen molar-refractivity contribution < 1.29 is 15.3 Å². The van der Waals surface area contributed by atoms with Gasteiger partial charge in [-0.2, -0.15) is 0 Å². The minimum atomic E-state index is -2.09. The number of hydrogen-bond acceptors (Lipinski definition) is 3. The molecule has 0 amide bonds. The average molecular weight is 288 g/mol. The molecule has 5 nitrogen and oxygen atoms in total. The summed E-state index contributed by atoms with van der Waals surface area (Å²) < 4.78 is 0. The van der Waals surface area contributed by atoms with Gasteiger partial charge < -0.3 is 25.3 Å². The van der Waals surface area contributed by atoms with E-state index in [-0.39, 0.29) is 11.3 Å². The molecular formula is C16H20N2O3. The zero-order valence-electron chi connectivity index (χ0n) is 12.6. The van der Waals surface area contributed by atoms with E-state index in [1.54, 1.807) is 0 Å². The molecule has 0 spiro atoms. The van der Waals surface area contributed by atoms with E-state index in [0.29, 0.717) is 11.4 Å². The normalized spacial score (nSPS) is 20.8. The molecule has 2 aromatic rings. The van der Waals surface area contributed by atoms with Gasteiger partial charge in [0.1, 0.15) is 11.7 Å². The molecule has 0 radical (unpaired) electrons. The molecule has 0 bridgehead atoms. The highest BCUT2D eigenvalue weighted by atomic mass is 16.5. The highest BCUT2D eigenvalue weighted by Gasteiger charge is 2.56. The Labute approximate surface area is 123 Å². The molecular weight excluding hydrogens is 268 g/mol. The van der Waals surface area contributed by atoms with Gasteiger partial charge in [-0.1, -0.05) is 0 Å². The van der Waals surface area contributed by atoms with Crippen molar-refractivity contribution in [1.29, 1.82) is 0 Å². The van der Waals surface area contributed by atoms with Crippen LogP contribution in [0, 0.1) is 27.7 Å². The Bertz CT molecular complexity index is 750. The van der Waals surface area contributed by atoms with E-state index in [1.165, 1.54) is 0 Å². The molecule has 112 valence electrons. The first kappa shape index (κ1) is 14.0. The van der Waals surface area contributed by atoms with Crippen molar-refractivity contribution >= 4 is 5.57 Å². The van der Waals surface area contributed by atoms with Crippen LogP contribution in [-0.4, -0.2) is 31.1 Å². The average Bonchev–Trinajstić information content (AvgIpc) is 2.82. The van der Waals surface area contributed by atoms with Crippen LogP contribution in [0.15, 0.2) is 17.9 Å². The van der Waals surface area contributed by atoms with E-state index < -0.39 is 11.7 Å². The predicted molar refractivity (Wildman–Crippen MR) is 80.0 cm³/mol.